The molecule has 0 saturated heterocycles. The van der Waals surface area contributed by atoms with Crippen LogP contribution in [-0.4, -0.2) is 77.6 Å². The maximum absolute atomic E-state index is 5.89. The van der Waals surface area contributed by atoms with Crippen LogP contribution in [0.25, 0.3) is 0 Å². The van der Waals surface area contributed by atoms with Crippen LogP contribution in [0.4, 0.5) is 0 Å². The van der Waals surface area contributed by atoms with E-state index in [0.717, 1.165) is 12.8 Å². The molecule has 1 aromatic heterocycles. The van der Waals surface area contributed by atoms with Crippen LogP contribution in [0.1, 0.15) is 66.0 Å². The lowest BCUT2D eigenvalue weighted by Crippen LogP contribution is -2.46. The molecule has 10 nitrogen and oxygen atoms in total. The van der Waals surface area contributed by atoms with Crippen molar-refractivity contribution in [1.82, 2.24) is 20.4 Å². The van der Waals surface area contributed by atoms with Gasteiger partial charge in [0.25, 0.3) is 0 Å². The monoisotopic (exact) mass is 490 g/mol. The average molecular weight is 491 g/mol. The molecule has 1 rings (SSSR count). The molecule has 0 atom stereocenters. The Kier molecular flexibility index (Phi) is 15.2. The SMILES string of the molecule is CCO[Si](CCCc1nnc(CCC[Si](OCC)(OCC)OCC)nn1)(OCC)OCC. The normalized spacial score (nSPS) is 12.4. The summed E-state index contributed by atoms with van der Waals surface area (Å²) in [5.74, 6) is 1.23. The third-order valence-corrected chi connectivity index (χ3v) is 10.8. The van der Waals surface area contributed by atoms with Crippen LogP contribution >= 0.6 is 0 Å². The lowest BCUT2D eigenvalue weighted by atomic mass is 10.3. The Labute approximate surface area is 195 Å². The van der Waals surface area contributed by atoms with Gasteiger partial charge in [-0.3, -0.25) is 0 Å². The molecule has 186 valence electrons. The number of aromatic nitrogens is 4. The number of aryl methyl sites for hydroxylation is 2. The van der Waals surface area contributed by atoms with Gasteiger partial charge >= 0.3 is 17.6 Å². The summed E-state index contributed by atoms with van der Waals surface area (Å²) in [6.45, 7) is 15.2. The van der Waals surface area contributed by atoms with Crippen LogP contribution in [-0.2, 0) is 39.4 Å². The van der Waals surface area contributed by atoms with Gasteiger partial charge in [0.2, 0.25) is 0 Å². The fraction of sp³-hybridized carbons (Fsp3) is 0.900. The van der Waals surface area contributed by atoms with Gasteiger partial charge in [-0.25, -0.2) is 0 Å². The summed E-state index contributed by atoms with van der Waals surface area (Å²) in [5, 5.41) is 17.0. The minimum Gasteiger partial charge on any atom is -0.374 e. The summed E-state index contributed by atoms with van der Waals surface area (Å²) < 4.78 is 35.3. The highest BCUT2D eigenvalue weighted by Gasteiger charge is 2.40. The average Bonchev–Trinajstić information content (AvgIpc) is 2.76. The second-order valence-corrected chi connectivity index (χ2v) is 12.4. The summed E-state index contributed by atoms with van der Waals surface area (Å²) in [7, 11) is -5.29. The van der Waals surface area contributed by atoms with E-state index in [9.17, 15) is 0 Å². The van der Waals surface area contributed by atoms with Crippen LogP contribution in [0.5, 0.6) is 0 Å². The Morgan fingerprint density at radius 1 is 0.469 bits per heavy atom. The summed E-state index contributed by atoms with van der Waals surface area (Å²) in [5.41, 5.74) is 0. The van der Waals surface area contributed by atoms with Crippen molar-refractivity contribution in [3.63, 3.8) is 0 Å². The highest BCUT2D eigenvalue weighted by Crippen LogP contribution is 2.20. The molecule has 0 aromatic carbocycles. The quantitative estimate of drug-likeness (QED) is 0.253. The third-order valence-electron chi connectivity index (χ3n) is 4.51. The molecule has 0 saturated carbocycles. The van der Waals surface area contributed by atoms with E-state index in [1.165, 1.54) is 0 Å². The van der Waals surface area contributed by atoms with Gasteiger partial charge in [-0.05, 0) is 54.4 Å². The van der Waals surface area contributed by atoms with Crippen molar-refractivity contribution < 1.29 is 26.6 Å². The highest BCUT2D eigenvalue weighted by molar-refractivity contribution is 6.61. The van der Waals surface area contributed by atoms with Gasteiger partial charge in [0.1, 0.15) is 0 Å². The fourth-order valence-corrected chi connectivity index (χ4v) is 8.62. The Morgan fingerprint density at radius 3 is 0.938 bits per heavy atom. The van der Waals surface area contributed by atoms with Gasteiger partial charge in [-0.2, -0.15) is 0 Å². The second-order valence-electron chi connectivity index (χ2n) is 6.90. The van der Waals surface area contributed by atoms with Gasteiger partial charge < -0.3 is 26.6 Å². The van der Waals surface area contributed by atoms with Gasteiger partial charge in [0, 0.05) is 64.6 Å². The van der Waals surface area contributed by atoms with E-state index >= 15 is 0 Å². The van der Waals surface area contributed by atoms with Crippen molar-refractivity contribution in [3.8, 4) is 0 Å². The molecule has 0 amide bonds. The van der Waals surface area contributed by atoms with Crippen molar-refractivity contribution in [2.75, 3.05) is 39.6 Å². The maximum atomic E-state index is 5.89. The zero-order chi connectivity index (χ0) is 23.7. The van der Waals surface area contributed by atoms with Gasteiger partial charge in [-0.1, -0.05) is 0 Å². The lowest BCUT2D eigenvalue weighted by molar-refractivity contribution is 0.0699. The zero-order valence-electron chi connectivity index (χ0n) is 20.7. The lowest BCUT2D eigenvalue weighted by Gasteiger charge is -2.28. The molecule has 0 spiro atoms. The first-order valence-electron chi connectivity index (χ1n) is 11.9. The molecule has 0 fully saturated rings. The molecule has 0 bridgehead atoms. The maximum Gasteiger partial charge on any atom is 0.500 e. The molecule has 0 radical (unpaired) electrons. The standard InChI is InChI=1S/C20H42N4O6Si2/c1-7-25-31(26-8-2,27-9-3)17-13-15-19-21-23-20(24-22-19)16-14-18-32(28-10-4,29-11-5)30-12-6/h7-18H2,1-6H3. The molecule has 1 heterocycles. The number of hydrogen-bond acceptors (Lipinski definition) is 10. The van der Waals surface area contributed by atoms with Crippen molar-refractivity contribution in [2.24, 2.45) is 0 Å². The zero-order valence-corrected chi connectivity index (χ0v) is 22.7. The summed E-state index contributed by atoms with van der Waals surface area (Å²) in [6.07, 6.45) is 2.88. The molecule has 12 heteroatoms. The summed E-state index contributed by atoms with van der Waals surface area (Å²) in [4.78, 5) is 0. The smallest absolute Gasteiger partial charge is 0.374 e. The molecule has 0 aliphatic carbocycles. The first-order valence-corrected chi connectivity index (χ1v) is 15.8. The number of rotatable bonds is 20. The van der Waals surface area contributed by atoms with Crippen LogP contribution < -0.4 is 0 Å². The molecular formula is C20H42N4O6Si2. The van der Waals surface area contributed by atoms with Crippen LogP contribution in [0, 0.1) is 0 Å². The highest BCUT2D eigenvalue weighted by atomic mass is 28.4. The number of hydrogen-bond donors (Lipinski definition) is 0. The predicted molar refractivity (Wildman–Crippen MR) is 125 cm³/mol. The van der Waals surface area contributed by atoms with Gasteiger partial charge in [-0.15, -0.1) is 20.4 Å². The first kappa shape index (κ1) is 29.2. The topological polar surface area (TPSA) is 107 Å². The first-order chi connectivity index (χ1) is 15.5. The molecule has 1 aromatic rings. The fourth-order valence-electron chi connectivity index (χ4n) is 3.40. The Balaban J connectivity index is 2.56. The molecule has 0 aliphatic heterocycles. The second kappa shape index (κ2) is 16.7. The predicted octanol–water partition coefficient (Wildman–Crippen LogP) is 3.23. The van der Waals surface area contributed by atoms with E-state index in [1.807, 2.05) is 41.5 Å². The summed E-state index contributed by atoms with van der Waals surface area (Å²) in [6, 6.07) is 1.43. The Hall–Kier alpha value is -0.866. The number of nitrogens with zero attached hydrogens (tertiary/aromatic N) is 4. The van der Waals surface area contributed by atoms with Crippen molar-refractivity contribution in [2.45, 2.75) is 79.3 Å². The Bertz CT molecular complexity index is 515. The third kappa shape index (κ3) is 10.4. The van der Waals surface area contributed by atoms with E-state index in [1.54, 1.807) is 0 Å². The molecular weight excluding hydrogens is 448 g/mol. The van der Waals surface area contributed by atoms with Gasteiger partial charge in [0.05, 0.1) is 0 Å². The van der Waals surface area contributed by atoms with Crippen LogP contribution in [0.3, 0.4) is 0 Å². The van der Waals surface area contributed by atoms with Crippen molar-refractivity contribution in [3.05, 3.63) is 11.6 Å². The van der Waals surface area contributed by atoms with Gasteiger partial charge in [0.15, 0.2) is 11.6 Å². The van der Waals surface area contributed by atoms with Crippen LogP contribution in [0.15, 0.2) is 0 Å². The molecule has 32 heavy (non-hydrogen) atoms. The molecule has 0 unspecified atom stereocenters. The van der Waals surface area contributed by atoms with E-state index < -0.39 is 17.6 Å². The van der Waals surface area contributed by atoms with E-state index in [0.29, 0.717) is 76.2 Å². The van der Waals surface area contributed by atoms with Crippen molar-refractivity contribution in [1.29, 1.82) is 0 Å². The largest absolute Gasteiger partial charge is 0.500 e. The van der Waals surface area contributed by atoms with E-state index in [4.69, 9.17) is 26.6 Å². The van der Waals surface area contributed by atoms with Crippen LogP contribution in [0.2, 0.25) is 12.1 Å². The molecule has 0 N–H and O–H groups in total. The minimum absolute atomic E-state index is 0.570. The molecule has 0 aliphatic rings. The Morgan fingerprint density at radius 2 is 0.719 bits per heavy atom. The summed E-state index contributed by atoms with van der Waals surface area (Å²) >= 11 is 0. The van der Waals surface area contributed by atoms with Crippen molar-refractivity contribution >= 4 is 17.6 Å². The van der Waals surface area contributed by atoms with E-state index in [-0.39, 0.29) is 0 Å². The minimum atomic E-state index is -2.64. The van der Waals surface area contributed by atoms with E-state index in [2.05, 4.69) is 20.4 Å².